The summed E-state index contributed by atoms with van der Waals surface area (Å²) in [5, 5.41) is 15.8. The van der Waals surface area contributed by atoms with Gasteiger partial charge in [-0.05, 0) is 66.3 Å². The zero-order chi connectivity index (χ0) is 39.3. The molecule has 2 heterocycles. The molecular weight excluding hydrogens is 730 g/mol. The zero-order valence-electron chi connectivity index (χ0n) is 30.9. The molecule has 6 N–H and O–H groups in total. The Morgan fingerprint density at radius 2 is 1.72 bits per heavy atom. The number of carbonyl (C=O) groups is 3. The number of amides is 4. The van der Waals surface area contributed by atoms with Crippen molar-refractivity contribution >= 4 is 61.7 Å². The van der Waals surface area contributed by atoms with Gasteiger partial charge in [-0.15, -0.1) is 0 Å². The first kappa shape index (κ1) is 40.4. The minimum atomic E-state index is -4.16. The maximum atomic E-state index is 14.4. The Kier molecular flexibility index (Phi) is 12.8. The van der Waals surface area contributed by atoms with Crippen molar-refractivity contribution in [2.45, 2.75) is 70.2 Å². The summed E-state index contributed by atoms with van der Waals surface area (Å²) in [7, 11) is -4.16. The Morgan fingerprint density at radius 3 is 2.39 bits per heavy atom. The number of urea groups is 1. The molecule has 4 aromatic rings. The van der Waals surface area contributed by atoms with Crippen molar-refractivity contribution in [1.29, 1.82) is 0 Å². The average Bonchev–Trinajstić information content (AvgIpc) is 3.40. The maximum Gasteiger partial charge on any atom is 0.328 e. The van der Waals surface area contributed by atoms with Crippen LogP contribution in [0.2, 0.25) is 5.02 Å². The monoisotopic (exact) mass is 777 g/mol. The van der Waals surface area contributed by atoms with E-state index in [4.69, 9.17) is 23.1 Å². The van der Waals surface area contributed by atoms with Crippen LogP contribution in [0, 0.1) is 11.8 Å². The standard InChI is InChI=1S/C39H48ClN7O6S/c1-5-25(4)37(47-23-36(49)46(39(47)51)21-29-13-11-27-18-28(41)12-16-33(27)43-29)38(50)44-34(17-26-9-7-6-8-10-26)35(48)22-45(20-24(2)3)54(52,53)30-14-15-31(40)32(42)19-30/h6-16,18-19,24-25,34-35,37,48H,5,17,20-23,41-42H2,1-4H3,(H,44,50)/t25-,34-,35-,37-/m0/s1. The predicted molar refractivity (Wildman–Crippen MR) is 210 cm³/mol. The van der Waals surface area contributed by atoms with Crippen LogP contribution in [-0.2, 0) is 32.6 Å². The van der Waals surface area contributed by atoms with E-state index in [0.29, 0.717) is 23.3 Å². The van der Waals surface area contributed by atoms with Crippen LogP contribution in [-0.4, -0.2) is 88.3 Å². The van der Waals surface area contributed by atoms with Crippen LogP contribution in [0.15, 0.2) is 83.8 Å². The van der Waals surface area contributed by atoms with Crippen LogP contribution < -0.4 is 16.8 Å². The second kappa shape index (κ2) is 17.1. The summed E-state index contributed by atoms with van der Waals surface area (Å²) >= 11 is 6.07. The van der Waals surface area contributed by atoms with E-state index >= 15 is 0 Å². The van der Waals surface area contributed by atoms with Gasteiger partial charge in [-0.25, -0.2) is 13.2 Å². The molecule has 1 aromatic heterocycles. The molecule has 54 heavy (non-hydrogen) atoms. The van der Waals surface area contributed by atoms with E-state index in [1.807, 2.05) is 64.1 Å². The maximum absolute atomic E-state index is 14.4. The fourth-order valence-corrected chi connectivity index (χ4v) is 8.34. The van der Waals surface area contributed by atoms with Crippen molar-refractivity contribution in [2.24, 2.45) is 11.8 Å². The number of carbonyl (C=O) groups excluding carboxylic acids is 3. The van der Waals surface area contributed by atoms with Crippen molar-refractivity contribution in [3.05, 3.63) is 95.1 Å². The molecule has 1 saturated heterocycles. The lowest BCUT2D eigenvalue weighted by atomic mass is 9.95. The average molecular weight is 778 g/mol. The van der Waals surface area contributed by atoms with Gasteiger partial charge in [0, 0.05) is 24.2 Å². The van der Waals surface area contributed by atoms with Gasteiger partial charge in [-0.2, -0.15) is 4.31 Å². The molecule has 0 bridgehead atoms. The van der Waals surface area contributed by atoms with Crippen LogP contribution >= 0.6 is 11.6 Å². The Balaban J connectivity index is 1.40. The van der Waals surface area contributed by atoms with Crippen LogP contribution in [0.25, 0.3) is 10.9 Å². The highest BCUT2D eigenvalue weighted by molar-refractivity contribution is 7.89. The molecule has 13 nitrogen and oxygen atoms in total. The first-order chi connectivity index (χ1) is 25.6. The van der Waals surface area contributed by atoms with Gasteiger partial charge in [0.15, 0.2) is 0 Å². The number of imide groups is 1. The summed E-state index contributed by atoms with van der Waals surface area (Å²) in [6.45, 7) is 6.73. The number of pyridine rings is 1. The van der Waals surface area contributed by atoms with Gasteiger partial charge in [0.1, 0.15) is 12.6 Å². The number of nitrogen functional groups attached to an aromatic ring is 2. The Morgan fingerprint density at radius 1 is 1.00 bits per heavy atom. The smallest absolute Gasteiger partial charge is 0.328 e. The van der Waals surface area contributed by atoms with Crippen molar-refractivity contribution < 1.29 is 27.9 Å². The highest BCUT2D eigenvalue weighted by atomic mass is 35.5. The Labute approximate surface area is 321 Å². The molecule has 1 aliphatic heterocycles. The molecule has 288 valence electrons. The first-order valence-corrected chi connectivity index (χ1v) is 19.7. The largest absolute Gasteiger partial charge is 0.399 e. The molecule has 3 aromatic carbocycles. The lowest BCUT2D eigenvalue weighted by molar-refractivity contribution is -0.129. The fourth-order valence-electron chi connectivity index (χ4n) is 6.56. The highest BCUT2D eigenvalue weighted by Gasteiger charge is 2.45. The second-order valence-corrected chi connectivity index (χ2v) is 16.6. The molecule has 4 amide bonds. The van der Waals surface area contributed by atoms with E-state index in [9.17, 15) is 27.9 Å². The number of aliphatic hydroxyl groups is 1. The number of benzene rings is 3. The molecule has 0 aliphatic carbocycles. The number of hydrogen-bond acceptors (Lipinski definition) is 9. The van der Waals surface area contributed by atoms with Crippen LogP contribution in [0.3, 0.4) is 0 Å². The number of sulfonamides is 1. The lowest BCUT2D eigenvalue weighted by Gasteiger charge is -2.34. The van der Waals surface area contributed by atoms with E-state index in [2.05, 4.69) is 10.3 Å². The Bertz CT molecular complexity index is 2100. The van der Waals surface area contributed by atoms with Crippen LogP contribution in [0.5, 0.6) is 0 Å². The molecular formula is C39H48ClN7O6S. The fraction of sp³-hybridized carbons (Fsp3) is 0.385. The molecule has 0 spiro atoms. The number of aromatic nitrogens is 1. The molecule has 0 radical (unpaired) electrons. The third-order valence-electron chi connectivity index (χ3n) is 9.62. The van der Waals surface area contributed by atoms with Crippen LogP contribution in [0.4, 0.5) is 16.2 Å². The summed E-state index contributed by atoms with van der Waals surface area (Å²) in [6.07, 6.45) is -0.725. The van der Waals surface area contributed by atoms with Gasteiger partial charge in [-0.3, -0.25) is 19.5 Å². The quantitative estimate of drug-likeness (QED) is 0.0925. The Hall–Kier alpha value is -4.76. The number of aliphatic hydroxyl groups excluding tert-OH is 1. The molecule has 15 heteroatoms. The number of halogens is 1. The summed E-state index contributed by atoms with van der Waals surface area (Å²) in [5.41, 5.74) is 14.5. The number of nitrogens with two attached hydrogens (primary N) is 2. The normalized spacial score (nSPS) is 15.9. The van der Waals surface area contributed by atoms with E-state index < -0.39 is 46.1 Å². The third-order valence-corrected chi connectivity index (χ3v) is 11.8. The summed E-state index contributed by atoms with van der Waals surface area (Å²) in [4.78, 5) is 48.5. The lowest BCUT2D eigenvalue weighted by Crippen LogP contribution is -2.57. The number of rotatable bonds is 16. The second-order valence-electron chi connectivity index (χ2n) is 14.2. The first-order valence-electron chi connectivity index (χ1n) is 17.9. The SMILES string of the molecule is CC[C@H](C)[C@@H](C(=O)N[C@@H](Cc1ccccc1)[C@@H](O)CN(CC(C)C)S(=O)(=O)c1ccc(Cl)c(N)c1)N1CC(=O)N(Cc2ccc3cc(N)ccc3n2)C1=O. The van der Waals surface area contributed by atoms with E-state index in [1.54, 1.807) is 24.3 Å². The van der Waals surface area contributed by atoms with Crippen molar-refractivity contribution in [2.75, 3.05) is 31.1 Å². The van der Waals surface area contributed by atoms with Gasteiger partial charge >= 0.3 is 6.03 Å². The molecule has 5 rings (SSSR count). The summed E-state index contributed by atoms with van der Waals surface area (Å²) < 4.78 is 29.0. The number of hydrogen-bond donors (Lipinski definition) is 4. The number of nitrogens with zero attached hydrogens (tertiary/aromatic N) is 4. The number of nitrogens with one attached hydrogen (secondary N) is 1. The minimum Gasteiger partial charge on any atom is -0.399 e. The topological polar surface area (TPSA) is 192 Å². The molecule has 1 fully saturated rings. The van der Waals surface area contributed by atoms with Crippen molar-refractivity contribution in [3.63, 3.8) is 0 Å². The molecule has 0 saturated carbocycles. The number of fused-ring (bicyclic) bond motifs is 1. The molecule has 4 atom stereocenters. The van der Waals surface area contributed by atoms with E-state index in [-0.39, 0.29) is 60.0 Å². The van der Waals surface area contributed by atoms with Crippen molar-refractivity contribution in [1.82, 2.24) is 24.4 Å². The van der Waals surface area contributed by atoms with Crippen LogP contribution in [0.1, 0.15) is 45.4 Å². The zero-order valence-corrected chi connectivity index (χ0v) is 32.4. The minimum absolute atomic E-state index is 0.0732. The van der Waals surface area contributed by atoms with E-state index in [1.165, 1.54) is 27.4 Å². The third kappa shape index (κ3) is 9.30. The van der Waals surface area contributed by atoms with Gasteiger partial charge in [0.25, 0.3) is 5.91 Å². The predicted octanol–water partition coefficient (Wildman–Crippen LogP) is 4.67. The highest BCUT2D eigenvalue weighted by Crippen LogP contribution is 2.27. The van der Waals surface area contributed by atoms with Crippen molar-refractivity contribution in [3.8, 4) is 0 Å². The van der Waals surface area contributed by atoms with Gasteiger partial charge < -0.3 is 26.8 Å². The van der Waals surface area contributed by atoms with Gasteiger partial charge in [-0.1, -0.05) is 82.1 Å². The van der Waals surface area contributed by atoms with Gasteiger partial charge in [0.2, 0.25) is 15.9 Å². The molecule has 0 unspecified atom stereocenters. The van der Waals surface area contributed by atoms with E-state index in [0.717, 1.165) is 15.8 Å². The molecule has 1 aliphatic rings. The summed E-state index contributed by atoms with van der Waals surface area (Å²) in [5.74, 6) is -1.54. The summed E-state index contributed by atoms with van der Waals surface area (Å²) in [6, 6.07) is 19.4. The number of anilines is 2. The van der Waals surface area contributed by atoms with Gasteiger partial charge in [0.05, 0.1) is 45.5 Å².